The Morgan fingerprint density at radius 2 is 1.02 bits per heavy atom. The molecule has 1 amide bonds. The van der Waals surface area contributed by atoms with Crippen molar-refractivity contribution in [2.75, 3.05) is 6.61 Å². The predicted octanol–water partition coefficient (Wildman–Crippen LogP) is 12.7. The molecule has 0 saturated carbocycles. The highest BCUT2D eigenvalue weighted by Gasteiger charge is 2.24. The summed E-state index contributed by atoms with van der Waals surface area (Å²) < 4.78 is 5.84. The molecule has 0 aliphatic carbocycles. The van der Waals surface area contributed by atoms with Crippen molar-refractivity contribution in [3.8, 4) is 0 Å². The van der Waals surface area contributed by atoms with Gasteiger partial charge in [0.05, 0.1) is 25.2 Å². The normalized spacial score (nSPS) is 13.8. The van der Waals surface area contributed by atoms with Crippen LogP contribution in [0.2, 0.25) is 0 Å². The number of hydrogen-bond donors (Lipinski definition) is 3. The maximum Gasteiger partial charge on any atom is 0.306 e. The van der Waals surface area contributed by atoms with E-state index in [0.717, 1.165) is 57.8 Å². The molecule has 0 spiro atoms. The zero-order valence-electron chi connectivity index (χ0n) is 34.9. The number of carbonyl (C=O) groups excluding carboxylic acids is 2. The van der Waals surface area contributed by atoms with Crippen molar-refractivity contribution < 1.29 is 24.5 Å². The molecule has 0 heterocycles. The smallest absolute Gasteiger partial charge is 0.306 e. The molecule has 308 valence electrons. The van der Waals surface area contributed by atoms with Crippen LogP contribution >= 0.6 is 0 Å². The summed E-state index contributed by atoms with van der Waals surface area (Å²) in [5.74, 6) is -0.544. The standard InChI is InChI=1S/C47H85NO5/c1-4-7-10-13-16-19-21-22-23-25-28-30-33-36-39-45(50)44(42-49)48-46(51)41-43(38-35-32-29-27-24-20-17-14-11-8-5-2)53-47(52)40-37-34-31-26-18-15-12-9-6-3/h8,11,14,17,20,24,27,29,43-45,49-50H,4-7,9-10,12-13,15-16,18-19,21-23,25-26,28,30-42H2,1-3H3,(H,48,51)/b11-8+,17-14+,24-20-,29-27-. The largest absolute Gasteiger partial charge is 0.462 e. The lowest BCUT2D eigenvalue weighted by Crippen LogP contribution is -2.46. The third-order valence-corrected chi connectivity index (χ3v) is 10.0. The summed E-state index contributed by atoms with van der Waals surface area (Å²) in [5, 5.41) is 23.6. The van der Waals surface area contributed by atoms with Crippen molar-refractivity contribution >= 4 is 11.9 Å². The third-order valence-electron chi connectivity index (χ3n) is 10.0. The first-order valence-corrected chi connectivity index (χ1v) is 22.4. The van der Waals surface area contributed by atoms with Crippen molar-refractivity contribution in [2.45, 2.75) is 232 Å². The van der Waals surface area contributed by atoms with E-state index in [-0.39, 0.29) is 24.9 Å². The van der Waals surface area contributed by atoms with Crippen molar-refractivity contribution in [2.24, 2.45) is 0 Å². The fraction of sp³-hybridized carbons (Fsp3) is 0.787. The van der Waals surface area contributed by atoms with Gasteiger partial charge in [-0.1, -0.05) is 211 Å². The molecular formula is C47H85NO5. The highest BCUT2D eigenvalue weighted by atomic mass is 16.5. The van der Waals surface area contributed by atoms with E-state index in [4.69, 9.17) is 4.74 Å². The van der Waals surface area contributed by atoms with Crippen LogP contribution in [0.25, 0.3) is 0 Å². The van der Waals surface area contributed by atoms with E-state index in [1.54, 1.807) is 0 Å². The van der Waals surface area contributed by atoms with E-state index in [9.17, 15) is 19.8 Å². The minimum Gasteiger partial charge on any atom is -0.462 e. The molecule has 0 aromatic heterocycles. The van der Waals surface area contributed by atoms with Gasteiger partial charge in [0.1, 0.15) is 6.10 Å². The number of allylic oxidation sites excluding steroid dienone is 8. The summed E-state index contributed by atoms with van der Waals surface area (Å²) in [7, 11) is 0. The van der Waals surface area contributed by atoms with Crippen molar-refractivity contribution in [1.82, 2.24) is 5.32 Å². The topological polar surface area (TPSA) is 95.9 Å². The van der Waals surface area contributed by atoms with Crippen LogP contribution in [0.3, 0.4) is 0 Å². The van der Waals surface area contributed by atoms with Gasteiger partial charge in [-0.25, -0.2) is 0 Å². The molecular weight excluding hydrogens is 659 g/mol. The second kappa shape index (κ2) is 41.0. The van der Waals surface area contributed by atoms with Crippen molar-refractivity contribution in [1.29, 1.82) is 0 Å². The number of hydrogen-bond acceptors (Lipinski definition) is 5. The minimum absolute atomic E-state index is 0.0330. The van der Waals surface area contributed by atoms with E-state index in [2.05, 4.69) is 38.2 Å². The molecule has 3 unspecified atom stereocenters. The lowest BCUT2D eigenvalue weighted by molar-refractivity contribution is -0.151. The van der Waals surface area contributed by atoms with Crippen molar-refractivity contribution in [3.63, 3.8) is 0 Å². The Kier molecular flexibility index (Phi) is 39.3. The Balaban J connectivity index is 4.61. The fourth-order valence-electron chi connectivity index (χ4n) is 6.62. The van der Waals surface area contributed by atoms with Crippen LogP contribution in [0.15, 0.2) is 48.6 Å². The zero-order chi connectivity index (χ0) is 38.9. The Morgan fingerprint density at radius 3 is 1.51 bits per heavy atom. The van der Waals surface area contributed by atoms with Gasteiger partial charge in [-0.15, -0.1) is 0 Å². The van der Waals surface area contributed by atoms with Crippen LogP contribution in [0.1, 0.15) is 213 Å². The molecule has 0 radical (unpaired) electrons. The maximum absolute atomic E-state index is 13.1. The van der Waals surface area contributed by atoms with Crippen LogP contribution in [0.4, 0.5) is 0 Å². The highest BCUT2D eigenvalue weighted by Crippen LogP contribution is 2.17. The Bertz CT molecular complexity index is 926. The van der Waals surface area contributed by atoms with Gasteiger partial charge in [0, 0.05) is 6.42 Å². The first kappa shape index (κ1) is 50.8. The van der Waals surface area contributed by atoms with Gasteiger partial charge in [-0.05, 0) is 38.5 Å². The second-order valence-electron chi connectivity index (χ2n) is 15.2. The van der Waals surface area contributed by atoms with Crippen LogP contribution in [-0.4, -0.2) is 46.9 Å². The lowest BCUT2D eigenvalue weighted by Gasteiger charge is -2.24. The molecule has 0 aliphatic rings. The monoisotopic (exact) mass is 744 g/mol. The van der Waals surface area contributed by atoms with Crippen molar-refractivity contribution in [3.05, 3.63) is 48.6 Å². The molecule has 53 heavy (non-hydrogen) atoms. The summed E-state index contributed by atoms with van der Waals surface area (Å²) in [6.45, 7) is 6.28. The Hall–Kier alpha value is -2.18. The number of carbonyl (C=O) groups is 2. The van der Waals surface area contributed by atoms with E-state index in [1.165, 1.54) is 109 Å². The molecule has 0 saturated heterocycles. The van der Waals surface area contributed by atoms with Gasteiger partial charge in [0.2, 0.25) is 5.91 Å². The maximum atomic E-state index is 13.1. The van der Waals surface area contributed by atoms with Gasteiger partial charge in [-0.3, -0.25) is 9.59 Å². The summed E-state index contributed by atoms with van der Waals surface area (Å²) in [4.78, 5) is 25.9. The third kappa shape index (κ3) is 36.6. The number of ether oxygens (including phenoxy) is 1. The SMILES string of the molecule is CC/C=C/C=C/C=C\C=C/CCCC(CC(=O)NC(CO)C(O)CCCCCCCCCCCCCCCC)OC(=O)CCCCCCCCCCC. The predicted molar refractivity (Wildman–Crippen MR) is 227 cm³/mol. The Labute approximate surface area is 327 Å². The van der Waals surface area contributed by atoms with Crippen LogP contribution in [0, 0.1) is 0 Å². The highest BCUT2D eigenvalue weighted by molar-refractivity contribution is 5.77. The molecule has 0 rings (SSSR count). The van der Waals surface area contributed by atoms with E-state index >= 15 is 0 Å². The van der Waals surface area contributed by atoms with E-state index < -0.39 is 18.2 Å². The fourth-order valence-corrected chi connectivity index (χ4v) is 6.62. The molecule has 6 nitrogen and oxygen atoms in total. The molecule has 3 atom stereocenters. The molecule has 0 fully saturated rings. The number of unbranched alkanes of at least 4 members (excludes halogenated alkanes) is 22. The first-order chi connectivity index (χ1) is 26.0. The van der Waals surface area contributed by atoms with E-state index in [0.29, 0.717) is 19.3 Å². The van der Waals surface area contributed by atoms with Crippen LogP contribution in [-0.2, 0) is 14.3 Å². The number of aliphatic hydroxyl groups excluding tert-OH is 2. The van der Waals surface area contributed by atoms with Crippen LogP contribution < -0.4 is 5.32 Å². The number of amides is 1. The average molecular weight is 744 g/mol. The molecule has 0 aromatic carbocycles. The van der Waals surface area contributed by atoms with E-state index in [1.807, 2.05) is 36.5 Å². The van der Waals surface area contributed by atoms with Gasteiger partial charge < -0.3 is 20.3 Å². The molecule has 0 aromatic rings. The summed E-state index contributed by atoms with van der Waals surface area (Å²) in [6.07, 6.45) is 47.5. The number of rotatable bonds is 39. The summed E-state index contributed by atoms with van der Waals surface area (Å²) in [6, 6.07) is -0.718. The van der Waals surface area contributed by atoms with Gasteiger partial charge in [0.25, 0.3) is 0 Å². The number of esters is 1. The zero-order valence-corrected chi connectivity index (χ0v) is 34.9. The summed E-state index contributed by atoms with van der Waals surface area (Å²) in [5.41, 5.74) is 0. The number of aliphatic hydroxyl groups is 2. The molecule has 0 aliphatic heterocycles. The van der Waals surface area contributed by atoms with Gasteiger partial charge in [0.15, 0.2) is 0 Å². The van der Waals surface area contributed by atoms with Gasteiger partial charge in [-0.2, -0.15) is 0 Å². The van der Waals surface area contributed by atoms with Gasteiger partial charge >= 0.3 is 5.97 Å². The molecule has 3 N–H and O–H groups in total. The summed E-state index contributed by atoms with van der Waals surface area (Å²) >= 11 is 0. The average Bonchev–Trinajstić information content (AvgIpc) is 3.15. The lowest BCUT2D eigenvalue weighted by atomic mass is 10.0. The molecule has 0 bridgehead atoms. The molecule has 6 heteroatoms. The minimum atomic E-state index is -0.801. The first-order valence-electron chi connectivity index (χ1n) is 22.4. The quantitative estimate of drug-likeness (QED) is 0.0331. The second-order valence-corrected chi connectivity index (χ2v) is 15.2. The Morgan fingerprint density at radius 1 is 0.566 bits per heavy atom. The number of nitrogens with one attached hydrogen (secondary N) is 1. The van der Waals surface area contributed by atoms with Crippen LogP contribution in [0.5, 0.6) is 0 Å².